The predicted molar refractivity (Wildman–Crippen MR) is 156 cm³/mol. The van der Waals surface area contributed by atoms with E-state index in [1.165, 1.54) is 22.3 Å². The average molecular weight is 525 g/mol. The van der Waals surface area contributed by atoms with E-state index in [1.54, 1.807) is 0 Å². The van der Waals surface area contributed by atoms with E-state index in [-0.39, 0.29) is 12.0 Å². The van der Waals surface area contributed by atoms with Crippen molar-refractivity contribution in [1.29, 1.82) is 5.26 Å². The summed E-state index contributed by atoms with van der Waals surface area (Å²) in [6, 6.07) is 11.2. The van der Waals surface area contributed by atoms with Gasteiger partial charge in [-0.05, 0) is 73.9 Å². The summed E-state index contributed by atoms with van der Waals surface area (Å²) < 4.78 is 6.58. The van der Waals surface area contributed by atoms with Crippen molar-refractivity contribution in [2.24, 2.45) is 0 Å². The Morgan fingerprint density at radius 1 is 0.974 bits per heavy atom. The molecule has 5 rings (SSSR count). The van der Waals surface area contributed by atoms with Gasteiger partial charge in [0.05, 0.1) is 5.69 Å². The highest BCUT2D eigenvalue weighted by molar-refractivity contribution is 5.62. The maximum Gasteiger partial charge on any atom is 0.239 e. The SMILES string of the molecule is Cc1ccnc(C(C)C)c1Oc1nc(N2CCNCC2)c2c(c1C#N)CN(C(C)c1c(C)cccc1C)CC2. The zero-order chi connectivity index (χ0) is 27.7. The molecule has 2 aliphatic heterocycles. The number of nitriles is 1. The molecule has 1 N–H and O–H groups in total. The molecule has 39 heavy (non-hydrogen) atoms. The largest absolute Gasteiger partial charge is 0.435 e. The molecule has 204 valence electrons. The quantitative estimate of drug-likeness (QED) is 0.442. The Hall–Kier alpha value is -3.47. The highest BCUT2D eigenvalue weighted by atomic mass is 16.5. The number of pyridine rings is 2. The molecule has 0 amide bonds. The van der Waals surface area contributed by atoms with Crippen LogP contribution in [0, 0.1) is 32.1 Å². The molecule has 0 aliphatic carbocycles. The highest BCUT2D eigenvalue weighted by Crippen LogP contribution is 2.40. The molecule has 0 bridgehead atoms. The number of rotatable bonds is 6. The fraction of sp³-hybridized carbons (Fsp3) is 0.469. The monoisotopic (exact) mass is 524 g/mol. The van der Waals surface area contributed by atoms with Crippen LogP contribution in [0.1, 0.15) is 77.4 Å². The molecular formula is C32H40N6O. The molecule has 0 saturated carbocycles. The molecule has 7 heteroatoms. The molecule has 3 aromatic rings. The molecule has 7 nitrogen and oxygen atoms in total. The van der Waals surface area contributed by atoms with E-state index >= 15 is 0 Å². The van der Waals surface area contributed by atoms with Gasteiger partial charge in [-0.2, -0.15) is 10.2 Å². The van der Waals surface area contributed by atoms with Gasteiger partial charge in [0.15, 0.2) is 5.75 Å². The summed E-state index contributed by atoms with van der Waals surface area (Å²) in [5, 5.41) is 14.0. The summed E-state index contributed by atoms with van der Waals surface area (Å²) >= 11 is 0. The van der Waals surface area contributed by atoms with E-state index in [1.807, 2.05) is 19.2 Å². The Kier molecular flexibility index (Phi) is 7.88. The van der Waals surface area contributed by atoms with Crippen LogP contribution in [0.3, 0.4) is 0 Å². The van der Waals surface area contributed by atoms with Crippen LogP contribution in [-0.4, -0.2) is 47.6 Å². The molecule has 2 aliphatic rings. The third-order valence-corrected chi connectivity index (χ3v) is 8.28. The number of piperazine rings is 1. The third kappa shape index (κ3) is 5.24. The number of fused-ring (bicyclic) bond motifs is 1. The minimum Gasteiger partial charge on any atom is -0.435 e. The first-order valence-corrected chi connectivity index (χ1v) is 14.1. The number of aryl methyl sites for hydroxylation is 3. The van der Waals surface area contributed by atoms with Crippen LogP contribution in [0.5, 0.6) is 11.6 Å². The fourth-order valence-corrected chi connectivity index (χ4v) is 6.14. The van der Waals surface area contributed by atoms with Crippen molar-refractivity contribution in [3.05, 3.63) is 75.1 Å². The number of hydrogen-bond donors (Lipinski definition) is 1. The molecule has 1 aromatic carbocycles. The first-order valence-electron chi connectivity index (χ1n) is 14.1. The first kappa shape index (κ1) is 27.1. The Morgan fingerprint density at radius 2 is 1.69 bits per heavy atom. The number of benzene rings is 1. The first-order chi connectivity index (χ1) is 18.8. The molecule has 4 heterocycles. The highest BCUT2D eigenvalue weighted by Gasteiger charge is 2.32. The van der Waals surface area contributed by atoms with Gasteiger partial charge < -0.3 is 15.0 Å². The topological polar surface area (TPSA) is 77.3 Å². The van der Waals surface area contributed by atoms with Gasteiger partial charge in [0, 0.05) is 57.1 Å². The van der Waals surface area contributed by atoms with E-state index in [0.29, 0.717) is 23.7 Å². The number of hydrogen-bond acceptors (Lipinski definition) is 7. The van der Waals surface area contributed by atoms with Crippen LogP contribution in [0.4, 0.5) is 5.82 Å². The summed E-state index contributed by atoms with van der Waals surface area (Å²) in [7, 11) is 0. The fourth-order valence-electron chi connectivity index (χ4n) is 6.14. The standard InChI is InChI=1S/C32H40N6O/c1-20(2)29-30(23(5)10-12-35-29)39-32-26(18-33)27-19-38(24(6)28-21(3)8-7-9-22(28)4)15-11-25(27)31(36-32)37-16-13-34-14-17-37/h7-10,12,20,24,34H,11,13-17,19H2,1-6H3. The van der Waals surface area contributed by atoms with Gasteiger partial charge in [-0.1, -0.05) is 32.0 Å². The van der Waals surface area contributed by atoms with Gasteiger partial charge in [0.25, 0.3) is 0 Å². The van der Waals surface area contributed by atoms with Gasteiger partial charge in [0.1, 0.15) is 17.5 Å². The Morgan fingerprint density at radius 3 is 2.36 bits per heavy atom. The minimum atomic E-state index is 0.185. The summed E-state index contributed by atoms with van der Waals surface area (Å²) in [5.41, 5.74) is 8.65. The van der Waals surface area contributed by atoms with Crippen LogP contribution >= 0.6 is 0 Å². The van der Waals surface area contributed by atoms with Crippen LogP contribution in [0.2, 0.25) is 0 Å². The summed E-state index contributed by atoms with van der Waals surface area (Å²) in [6.45, 7) is 18.1. The maximum absolute atomic E-state index is 10.5. The van der Waals surface area contributed by atoms with Crippen molar-refractivity contribution < 1.29 is 4.74 Å². The van der Waals surface area contributed by atoms with Gasteiger partial charge >= 0.3 is 0 Å². The van der Waals surface area contributed by atoms with Crippen LogP contribution < -0.4 is 15.0 Å². The van der Waals surface area contributed by atoms with Gasteiger partial charge in [-0.25, -0.2) is 0 Å². The van der Waals surface area contributed by atoms with Crippen molar-refractivity contribution in [3.8, 4) is 17.7 Å². The second kappa shape index (κ2) is 11.3. The molecule has 0 radical (unpaired) electrons. The average Bonchev–Trinajstić information content (AvgIpc) is 2.93. The van der Waals surface area contributed by atoms with Crippen molar-refractivity contribution >= 4 is 5.82 Å². The lowest BCUT2D eigenvalue weighted by atomic mass is 9.91. The van der Waals surface area contributed by atoms with Crippen LogP contribution in [-0.2, 0) is 13.0 Å². The van der Waals surface area contributed by atoms with Gasteiger partial charge in [-0.3, -0.25) is 9.88 Å². The van der Waals surface area contributed by atoms with Crippen molar-refractivity contribution in [2.75, 3.05) is 37.6 Å². The van der Waals surface area contributed by atoms with E-state index in [0.717, 1.165) is 61.8 Å². The second-order valence-corrected chi connectivity index (χ2v) is 11.2. The lowest BCUT2D eigenvalue weighted by molar-refractivity contribution is 0.190. The van der Waals surface area contributed by atoms with E-state index in [2.05, 4.69) is 79.0 Å². The zero-order valence-electron chi connectivity index (χ0n) is 24.1. The maximum atomic E-state index is 10.5. The van der Waals surface area contributed by atoms with Crippen LogP contribution in [0.15, 0.2) is 30.5 Å². The Labute approximate surface area is 232 Å². The molecule has 1 saturated heterocycles. The smallest absolute Gasteiger partial charge is 0.239 e. The van der Waals surface area contributed by atoms with Gasteiger partial charge in [-0.15, -0.1) is 0 Å². The molecule has 1 unspecified atom stereocenters. The lowest BCUT2D eigenvalue weighted by Gasteiger charge is -2.38. The Balaban J connectivity index is 1.61. The number of ether oxygens (including phenoxy) is 1. The van der Waals surface area contributed by atoms with E-state index < -0.39 is 0 Å². The molecule has 1 atom stereocenters. The predicted octanol–water partition coefficient (Wildman–Crippen LogP) is 5.72. The van der Waals surface area contributed by atoms with Crippen molar-refractivity contribution in [3.63, 3.8) is 0 Å². The van der Waals surface area contributed by atoms with Crippen molar-refractivity contribution in [1.82, 2.24) is 20.2 Å². The molecular weight excluding hydrogens is 484 g/mol. The summed E-state index contributed by atoms with van der Waals surface area (Å²) in [5.74, 6) is 2.25. The number of anilines is 1. The number of aromatic nitrogens is 2. The number of nitrogens with zero attached hydrogens (tertiary/aromatic N) is 5. The van der Waals surface area contributed by atoms with E-state index in [4.69, 9.17) is 9.72 Å². The number of nitrogens with one attached hydrogen (secondary N) is 1. The second-order valence-electron chi connectivity index (χ2n) is 11.2. The van der Waals surface area contributed by atoms with Gasteiger partial charge in [0.2, 0.25) is 5.88 Å². The third-order valence-electron chi connectivity index (χ3n) is 8.28. The summed E-state index contributed by atoms with van der Waals surface area (Å²) in [6.07, 6.45) is 2.68. The minimum absolute atomic E-state index is 0.185. The molecule has 1 fully saturated rings. The molecule has 0 spiro atoms. The van der Waals surface area contributed by atoms with Crippen molar-refractivity contribution in [2.45, 2.75) is 66.5 Å². The normalized spacial score (nSPS) is 16.6. The molecule has 2 aromatic heterocycles. The lowest BCUT2D eigenvalue weighted by Crippen LogP contribution is -2.45. The van der Waals surface area contributed by atoms with E-state index in [9.17, 15) is 5.26 Å². The summed E-state index contributed by atoms with van der Waals surface area (Å²) in [4.78, 5) is 14.5. The Bertz CT molecular complexity index is 1380. The zero-order valence-corrected chi connectivity index (χ0v) is 24.1. The van der Waals surface area contributed by atoms with Crippen LogP contribution in [0.25, 0.3) is 0 Å².